The van der Waals surface area contributed by atoms with Crippen molar-refractivity contribution in [3.8, 4) is 0 Å². The smallest absolute Gasteiger partial charge is 0.285 e. The second-order valence-electron chi connectivity index (χ2n) is 9.28. The second kappa shape index (κ2) is 8.85. The minimum absolute atomic E-state index is 0.102. The van der Waals surface area contributed by atoms with E-state index in [9.17, 15) is 34.2 Å². The lowest BCUT2D eigenvalue weighted by molar-refractivity contribution is -0.684. The van der Waals surface area contributed by atoms with E-state index in [-0.39, 0.29) is 39.7 Å². The van der Waals surface area contributed by atoms with Crippen LogP contribution in [0.25, 0.3) is 10.4 Å². The first-order chi connectivity index (χ1) is 17.9. The summed E-state index contributed by atoms with van der Waals surface area (Å²) in [5, 5.41) is 22.2. The number of β-lactam (4-membered cyclic amide) rings is 1. The Labute approximate surface area is 218 Å². The van der Waals surface area contributed by atoms with Crippen LogP contribution in [0.2, 0.25) is 0 Å². The quantitative estimate of drug-likeness (QED) is 0.163. The van der Waals surface area contributed by atoms with Crippen LogP contribution >= 0.6 is 11.3 Å². The summed E-state index contributed by atoms with van der Waals surface area (Å²) in [5.41, 5.74) is 10.8. The van der Waals surface area contributed by atoms with Crippen LogP contribution in [-0.2, 0) is 20.9 Å². The number of pyridine rings is 1. The van der Waals surface area contributed by atoms with E-state index in [1.54, 1.807) is 19.2 Å². The van der Waals surface area contributed by atoms with E-state index in [1.165, 1.54) is 34.4 Å². The lowest BCUT2D eigenvalue weighted by Crippen LogP contribution is -2.64. The maximum Gasteiger partial charge on any atom is 0.285 e. The standard InChI is InChI=1S/C24H22N6O7S/c1-9-14(18(24(36)37)30-17(9)15(10(2)31)22(30)35)12-7-29-21(20(26)34)27-16(23(29)38-12)19(33)11-4-3-5-28(6-11)8-13(25)32/h3-7,9-10,15,17,31H,8H2,1-2H3,(H4-,25,26,32,34,36,37)/t9-,10+,15+,17+/m0/s1. The Morgan fingerprint density at radius 3 is 2.61 bits per heavy atom. The molecule has 196 valence electrons. The van der Waals surface area contributed by atoms with Crippen molar-refractivity contribution in [3.63, 3.8) is 0 Å². The van der Waals surface area contributed by atoms with Crippen molar-refractivity contribution in [1.29, 1.82) is 0 Å². The first-order valence-corrected chi connectivity index (χ1v) is 12.3. The number of aliphatic hydroxyl groups excluding tert-OH is 1. The Hall–Kier alpha value is -4.43. The van der Waals surface area contributed by atoms with Gasteiger partial charge in [-0.25, -0.2) is 4.98 Å². The van der Waals surface area contributed by atoms with Crippen LogP contribution in [0.15, 0.2) is 36.4 Å². The van der Waals surface area contributed by atoms with Crippen LogP contribution < -0.4 is 21.1 Å². The summed E-state index contributed by atoms with van der Waals surface area (Å²) >= 11 is 1.01. The number of carboxylic acids is 1. The minimum Gasteiger partial charge on any atom is -0.543 e. The molecule has 0 bridgehead atoms. The molecule has 0 spiro atoms. The van der Waals surface area contributed by atoms with Gasteiger partial charge >= 0.3 is 0 Å². The van der Waals surface area contributed by atoms with Gasteiger partial charge in [-0.15, -0.1) is 11.3 Å². The van der Waals surface area contributed by atoms with Crippen molar-refractivity contribution in [1.82, 2.24) is 14.3 Å². The molecule has 2 aliphatic heterocycles. The number of fused-ring (bicyclic) bond motifs is 2. The van der Waals surface area contributed by atoms with Gasteiger partial charge in [0, 0.05) is 23.8 Å². The fourth-order valence-corrected chi connectivity index (χ4v) is 6.52. The lowest BCUT2D eigenvalue weighted by atomic mass is 9.77. The molecule has 1 saturated heterocycles. The van der Waals surface area contributed by atoms with Gasteiger partial charge in [0.25, 0.3) is 11.8 Å². The Morgan fingerprint density at radius 2 is 2.00 bits per heavy atom. The molecule has 3 amide bonds. The van der Waals surface area contributed by atoms with E-state index in [2.05, 4.69) is 4.98 Å². The van der Waals surface area contributed by atoms with E-state index in [0.29, 0.717) is 4.88 Å². The Bertz CT molecular complexity index is 1600. The number of nitrogens with two attached hydrogens (primary N) is 2. The van der Waals surface area contributed by atoms with E-state index >= 15 is 0 Å². The summed E-state index contributed by atoms with van der Waals surface area (Å²) in [4.78, 5) is 67.6. The number of ketones is 1. The highest BCUT2D eigenvalue weighted by Crippen LogP contribution is 2.51. The summed E-state index contributed by atoms with van der Waals surface area (Å²) in [7, 11) is 0. The van der Waals surface area contributed by atoms with Gasteiger partial charge < -0.3 is 31.4 Å². The van der Waals surface area contributed by atoms with Crippen molar-refractivity contribution < 1.29 is 38.8 Å². The zero-order valence-corrected chi connectivity index (χ0v) is 21.0. The normalized spacial score (nSPS) is 21.4. The molecule has 0 radical (unpaired) electrons. The number of primary amides is 2. The van der Waals surface area contributed by atoms with Crippen molar-refractivity contribution in [2.75, 3.05) is 0 Å². The Balaban J connectivity index is 1.64. The summed E-state index contributed by atoms with van der Waals surface area (Å²) in [6, 6.07) is 2.48. The van der Waals surface area contributed by atoms with Crippen LogP contribution in [0.1, 0.15) is 45.4 Å². The number of carboxylic acid groups (broad SMARTS) is 1. The van der Waals surface area contributed by atoms with Gasteiger partial charge in [0.15, 0.2) is 12.4 Å². The van der Waals surface area contributed by atoms with Crippen LogP contribution in [0.4, 0.5) is 0 Å². The molecule has 3 aromatic rings. The summed E-state index contributed by atoms with van der Waals surface area (Å²) in [6.45, 7) is 3.05. The number of thiazole rings is 1. The number of nitrogens with zero attached hydrogens (tertiary/aromatic N) is 4. The number of imidazole rings is 1. The summed E-state index contributed by atoms with van der Waals surface area (Å²) < 4.78 is 2.74. The van der Waals surface area contributed by atoms with Crippen LogP contribution in [-0.4, -0.2) is 61.0 Å². The van der Waals surface area contributed by atoms with E-state index in [1.807, 2.05) is 0 Å². The van der Waals surface area contributed by atoms with E-state index < -0.39 is 53.5 Å². The molecule has 0 unspecified atom stereocenters. The topological polar surface area (TPSA) is 205 Å². The van der Waals surface area contributed by atoms with E-state index in [0.717, 1.165) is 16.2 Å². The Morgan fingerprint density at radius 1 is 1.29 bits per heavy atom. The first-order valence-electron chi connectivity index (χ1n) is 11.5. The predicted octanol–water partition coefficient (Wildman–Crippen LogP) is -2.18. The minimum atomic E-state index is -1.56. The third-order valence-electron chi connectivity index (χ3n) is 6.85. The number of hydrogen-bond acceptors (Lipinski definition) is 9. The molecule has 5 N–H and O–H groups in total. The van der Waals surface area contributed by atoms with Gasteiger partial charge in [-0.3, -0.25) is 23.6 Å². The second-order valence-corrected chi connectivity index (χ2v) is 10.3. The van der Waals surface area contributed by atoms with Gasteiger partial charge in [-0.05, 0) is 13.0 Å². The highest BCUT2D eigenvalue weighted by molar-refractivity contribution is 7.18. The van der Waals surface area contributed by atoms with Gasteiger partial charge in [0.1, 0.15) is 10.5 Å². The average Bonchev–Trinajstić information content (AvgIpc) is 3.46. The number of hydrogen-bond donors (Lipinski definition) is 3. The highest BCUT2D eigenvalue weighted by atomic mass is 32.1. The molecule has 3 aromatic heterocycles. The largest absolute Gasteiger partial charge is 0.543 e. The third-order valence-corrected chi connectivity index (χ3v) is 7.97. The molecule has 1 fully saturated rings. The fourth-order valence-electron chi connectivity index (χ4n) is 5.28. The maximum atomic E-state index is 13.4. The van der Waals surface area contributed by atoms with Crippen LogP contribution in [0, 0.1) is 11.8 Å². The molecule has 38 heavy (non-hydrogen) atoms. The number of rotatable bonds is 8. The first kappa shape index (κ1) is 25.2. The zero-order chi connectivity index (χ0) is 27.6. The molecule has 0 aliphatic carbocycles. The number of amides is 3. The molecule has 5 rings (SSSR count). The zero-order valence-electron chi connectivity index (χ0n) is 20.2. The Kier molecular flexibility index (Phi) is 5.87. The van der Waals surface area contributed by atoms with Crippen molar-refractivity contribution in [3.05, 3.63) is 58.4 Å². The van der Waals surface area contributed by atoms with Gasteiger partial charge in [0.2, 0.25) is 24.1 Å². The van der Waals surface area contributed by atoms with Crippen molar-refractivity contribution >= 4 is 51.2 Å². The number of carbonyl (C=O) groups excluding carboxylic acids is 5. The molecule has 4 atom stereocenters. The highest BCUT2D eigenvalue weighted by Gasteiger charge is 2.59. The molecule has 0 aromatic carbocycles. The molecule has 13 nitrogen and oxygen atoms in total. The molecule has 0 saturated carbocycles. The molecular weight excluding hydrogens is 516 g/mol. The summed E-state index contributed by atoms with van der Waals surface area (Å²) in [6.07, 6.45) is 3.44. The third kappa shape index (κ3) is 3.68. The van der Waals surface area contributed by atoms with Crippen LogP contribution in [0.5, 0.6) is 0 Å². The van der Waals surface area contributed by atoms with Gasteiger partial charge in [-0.2, -0.15) is 4.57 Å². The monoisotopic (exact) mass is 538 g/mol. The number of carbonyl (C=O) groups is 5. The van der Waals surface area contributed by atoms with Crippen LogP contribution in [0.3, 0.4) is 0 Å². The molecule has 5 heterocycles. The molecule has 2 aliphatic rings. The molecular formula is C24H22N6O7S. The van der Waals surface area contributed by atoms with Gasteiger partial charge in [0.05, 0.1) is 40.2 Å². The summed E-state index contributed by atoms with van der Waals surface area (Å²) in [5.74, 6) is -5.66. The number of aliphatic hydroxyl groups is 1. The lowest BCUT2D eigenvalue weighted by Gasteiger charge is -2.47. The van der Waals surface area contributed by atoms with Crippen molar-refractivity contribution in [2.24, 2.45) is 23.3 Å². The predicted molar refractivity (Wildman–Crippen MR) is 128 cm³/mol. The molecule has 14 heteroatoms. The van der Waals surface area contributed by atoms with Crippen molar-refractivity contribution in [2.45, 2.75) is 32.5 Å². The average molecular weight is 539 g/mol. The van der Waals surface area contributed by atoms with Gasteiger partial charge in [-0.1, -0.05) is 6.92 Å². The SMILES string of the molecule is C[C@@H](O)[C@H]1C(=O)N2C(C(=O)[O-])=C(c3cn4c(C(N)=O)nc(C(=O)c5ccc[n+](CC(N)=O)c5)c4s3)[C@H](C)[C@H]12. The van der Waals surface area contributed by atoms with E-state index in [4.69, 9.17) is 11.5 Å². The fraction of sp³-hybridized carbons (Fsp3) is 0.292. The number of aromatic nitrogens is 3. The number of aliphatic carboxylic acids is 1. The maximum absolute atomic E-state index is 13.4.